The van der Waals surface area contributed by atoms with Gasteiger partial charge in [-0.25, -0.2) is 9.78 Å². The van der Waals surface area contributed by atoms with Gasteiger partial charge in [0, 0.05) is 19.7 Å². The van der Waals surface area contributed by atoms with E-state index in [9.17, 15) is 19.2 Å². The number of nitrogens with one attached hydrogen (secondary N) is 1. The molecule has 8 nitrogen and oxygen atoms in total. The fraction of sp³-hybridized carbons (Fsp3) is 0.0952. The molecule has 0 spiro atoms. The van der Waals surface area contributed by atoms with Crippen molar-refractivity contribution in [2.45, 2.75) is 0 Å². The molecule has 3 heterocycles. The number of anilines is 1. The summed E-state index contributed by atoms with van der Waals surface area (Å²) >= 11 is 1.30. The number of carbonyl (C=O) groups is 2. The number of thiophene rings is 1. The molecule has 0 aliphatic heterocycles. The van der Waals surface area contributed by atoms with Gasteiger partial charge >= 0.3 is 5.69 Å². The second-order valence-corrected chi connectivity index (χ2v) is 7.55. The average molecular weight is 420 g/mol. The van der Waals surface area contributed by atoms with Gasteiger partial charge in [-0.05, 0) is 23.6 Å². The highest BCUT2D eigenvalue weighted by molar-refractivity contribution is 7.12. The summed E-state index contributed by atoms with van der Waals surface area (Å²) in [6, 6.07) is 11.5. The summed E-state index contributed by atoms with van der Waals surface area (Å²) in [6.07, 6.45) is 1.36. The molecular weight excluding hydrogens is 404 g/mol. The Kier molecular flexibility index (Phi) is 4.88. The molecule has 4 aromatic rings. The van der Waals surface area contributed by atoms with Crippen molar-refractivity contribution in [1.29, 1.82) is 0 Å². The average Bonchev–Trinajstić information content (AvgIpc) is 3.30. The number of amides is 1. The highest BCUT2D eigenvalue weighted by atomic mass is 32.1. The third-order valence-electron chi connectivity index (χ3n) is 4.71. The molecule has 9 heteroatoms. The number of hydrogen-bond acceptors (Lipinski definition) is 6. The van der Waals surface area contributed by atoms with Crippen LogP contribution in [-0.4, -0.2) is 25.8 Å². The van der Waals surface area contributed by atoms with E-state index in [4.69, 9.17) is 0 Å². The van der Waals surface area contributed by atoms with Crippen LogP contribution in [0.2, 0.25) is 0 Å². The van der Waals surface area contributed by atoms with E-state index in [2.05, 4.69) is 10.3 Å². The van der Waals surface area contributed by atoms with Crippen molar-refractivity contribution in [1.82, 2.24) is 14.1 Å². The number of fused-ring (bicyclic) bond motifs is 1. The summed E-state index contributed by atoms with van der Waals surface area (Å²) in [6.45, 7) is 0. The Balaban J connectivity index is 1.72. The third-order valence-corrected chi connectivity index (χ3v) is 5.58. The van der Waals surface area contributed by atoms with Crippen LogP contribution >= 0.6 is 11.3 Å². The molecule has 0 aliphatic carbocycles. The van der Waals surface area contributed by atoms with Crippen molar-refractivity contribution in [2.75, 3.05) is 5.32 Å². The van der Waals surface area contributed by atoms with E-state index in [-0.39, 0.29) is 33.6 Å². The zero-order valence-electron chi connectivity index (χ0n) is 16.1. The van der Waals surface area contributed by atoms with Gasteiger partial charge in [0.15, 0.2) is 0 Å². The minimum Gasteiger partial charge on any atom is -0.321 e. The summed E-state index contributed by atoms with van der Waals surface area (Å²) in [4.78, 5) is 54.8. The predicted molar refractivity (Wildman–Crippen MR) is 114 cm³/mol. The molecule has 1 amide bonds. The van der Waals surface area contributed by atoms with E-state index in [0.717, 1.165) is 4.57 Å². The lowest BCUT2D eigenvalue weighted by molar-refractivity contribution is 0.0998. The van der Waals surface area contributed by atoms with Crippen LogP contribution in [-0.2, 0) is 14.1 Å². The Morgan fingerprint density at radius 3 is 2.43 bits per heavy atom. The summed E-state index contributed by atoms with van der Waals surface area (Å²) in [5.41, 5.74) is -0.00681. The van der Waals surface area contributed by atoms with Crippen LogP contribution in [0.15, 0.2) is 63.6 Å². The normalized spacial score (nSPS) is 10.9. The van der Waals surface area contributed by atoms with E-state index >= 15 is 0 Å². The lowest BCUT2D eigenvalue weighted by atomic mass is 10.0. The molecular formula is C21H16N4O4S. The number of hydrogen-bond donors (Lipinski definition) is 1. The lowest BCUT2D eigenvalue weighted by Crippen LogP contribution is -2.37. The smallest absolute Gasteiger partial charge is 0.321 e. The first kappa shape index (κ1) is 19.5. The molecule has 3 aromatic heterocycles. The fourth-order valence-electron chi connectivity index (χ4n) is 3.15. The molecule has 0 saturated heterocycles. The Hall–Kier alpha value is -3.85. The number of nitrogens with zero attached hydrogens (tertiary/aromatic N) is 3. The highest BCUT2D eigenvalue weighted by Gasteiger charge is 2.19. The molecule has 30 heavy (non-hydrogen) atoms. The van der Waals surface area contributed by atoms with Crippen LogP contribution < -0.4 is 16.6 Å². The number of pyridine rings is 1. The van der Waals surface area contributed by atoms with Gasteiger partial charge in [0.05, 0.1) is 27.7 Å². The first-order valence-corrected chi connectivity index (χ1v) is 9.81. The lowest BCUT2D eigenvalue weighted by Gasteiger charge is -2.11. The van der Waals surface area contributed by atoms with E-state index in [1.54, 1.807) is 41.8 Å². The van der Waals surface area contributed by atoms with Crippen molar-refractivity contribution in [2.24, 2.45) is 14.1 Å². The molecule has 0 saturated carbocycles. The van der Waals surface area contributed by atoms with Gasteiger partial charge in [0.25, 0.3) is 11.5 Å². The predicted octanol–water partition coefficient (Wildman–Crippen LogP) is 2.18. The van der Waals surface area contributed by atoms with Gasteiger partial charge in [0.2, 0.25) is 5.78 Å². The SMILES string of the molecule is Cn1c(=O)c2cc(NC(=O)c3ccccc3C(=O)c3cccs3)cnc2n(C)c1=O. The van der Waals surface area contributed by atoms with E-state index in [1.807, 2.05) is 0 Å². The Morgan fingerprint density at radius 1 is 1.00 bits per heavy atom. The molecule has 150 valence electrons. The quantitative estimate of drug-likeness (QED) is 0.510. The van der Waals surface area contributed by atoms with Crippen molar-refractivity contribution in [3.63, 3.8) is 0 Å². The van der Waals surface area contributed by atoms with Crippen molar-refractivity contribution in [3.05, 3.63) is 90.9 Å². The first-order chi connectivity index (χ1) is 14.4. The fourth-order valence-corrected chi connectivity index (χ4v) is 3.83. The van der Waals surface area contributed by atoms with E-state index < -0.39 is 17.2 Å². The summed E-state index contributed by atoms with van der Waals surface area (Å²) in [7, 11) is 2.89. The highest BCUT2D eigenvalue weighted by Crippen LogP contribution is 2.20. The molecule has 0 fully saturated rings. The minimum absolute atomic E-state index is 0.195. The molecule has 0 atom stereocenters. The van der Waals surface area contributed by atoms with E-state index in [0.29, 0.717) is 4.88 Å². The Bertz CT molecular complexity index is 1420. The van der Waals surface area contributed by atoms with Crippen molar-refractivity contribution in [3.8, 4) is 0 Å². The molecule has 1 N–H and O–H groups in total. The van der Waals surface area contributed by atoms with Crippen molar-refractivity contribution < 1.29 is 9.59 Å². The van der Waals surface area contributed by atoms with Crippen LogP contribution in [0.3, 0.4) is 0 Å². The van der Waals surface area contributed by atoms with Gasteiger partial charge in [-0.2, -0.15) is 0 Å². The Labute approximate surface area is 174 Å². The minimum atomic E-state index is -0.509. The largest absolute Gasteiger partial charge is 0.332 e. The maximum Gasteiger partial charge on any atom is 0.332 e. The summed E-state index contributed by atoms with van der Waals surface area (Å²) in [5, 5.41) is 4.68. The first-order valence-electron chi connectivity index (χ1n) is 8.93. The molecule has 0 unspecified atom stereocenters. The van der Waals surface area contributed by atoms with Crippen LogP contribution in [0.1, 0.15) is 25.6 Å². The molecule has 1 aromatic carbocycles. The number of aromatic nitrogens is 3. The molecule has 0 aliphatic rings. The molecule has 4 rings (SSSR count). The van der Waals surface area contributed by atoms with Crippen molar-refractivity contribution >= 4 is 39.7 Å². The molecule has 0 radical (unpaired) electrons. The van der Waals surface area contributed by atoms with Gasteiger partial charge in [-0.15, -0.1) is 11.3 Å². The van der Waals surface area contributed by atoms with Gasteiger partial charge < -0.3 is 5.32 Å². The number of aryl methyl sites for hydroxylation is 1. The summed E-state index contributed by atoms with van der Waals surface area (Å²) in [5.74, 6) is -0.741. The number of benzene rings is 1. The standard InChI is InChI=1S/C21H16N4O4S/c1-24-18-15(20(28)25(2)21(24)29)10-12(11-22-18)23-19(27)14-7-4-3-6-13(14)17(26)16-8-5-9-30-16/h3-11H,1-2H3,(H,23,27). The second kappa shape index (κ2) is 7.53. The van der Waals surface area contributed by atoms with Crippen LogP contribution in [0.25, 0.3) is 11.0 Å². The van der Waals surface area contributed by atoms with Crippen LogP contribution in [0, 0.1) is 0 Å². The monoisotopic (exact) mass is 420 g/mol. The number of carbonyl (C=O) groups excluding carboxylic acids is 2. The second-order valence-electron chi connectivity index (χ2n) is 6.61. The number of rotatable bonds is 4. The number of ketones is 1. The zero-order chi connectivity index (χ0) is 21.4. The maximum absolute atomic E-state index is 12.9. The van der Waals surface area contributed by atoms with Crippen LogP contribution in [0.5, 0.6) is 0 Å². The topological polar surface area (TPSA) is 103 Å². The van der Waals surface area contributed by atoms with Gasteiger partial charge in [-0.3, -0.25) is 23.5 Å². The van der Waals surface area contributed by atoms with Gasteiger partial charge in [-0.1, -0.05) is 24.3 Å². The van der Waals surface area contributed by atoms with Gasteiger partial charge in [0.1, 0.15) is 5.65 Å². The summed E-state index contributed by atoms with van der Waals surface area (Å²) < 4.78 is 2.24. The third kappa shape index (κ3) is 3.25. The van der Waals surface area contributed by atoms with Crippen LogP contribution in [0.4, 0.5) is 5.69 Å². The maximum atomic E-state index is 12.9. The van der Waals surface area contributed by atoms with E-state index in [1.165, 1.54) is 42.3 Å². The molecule has 0 bridgehead atoms. The zero-order valence-corrected chi connectivity index (χ0v) is 16.9. The Morgan fingerprint density at radius 2 is 1.73 bits per heavy atom.